The van der Waals surface area contributed by atoms with E-state index in [1.165, 1.54) is 19.2 Å². The topological polar surface area (TPSA) is 106 Å². The molecule has 3 N–H and O–H groups in total. The van der Waals surface area contributed by atoms with E-state index in [4.69, 9.17) is 25.6 Å². The van der Waals surface area contributed by atoms with Gasteiger partial charge in [0.05, 0.1) is 18.7 Å². The fraction of sp³-hybridized carbons (Fsp3) is 0.273. The number of carboxylic acid groups (broad SMARTS) is 1. The monoisotopic (exact) mass is 236 g/mol. The summed E-state index contributed by atoms with van der Waals surface area (Å²) in [7, 11) is 1.43. The van der Waals surface area contributed by atoms with Crippen LogP contribution in [0, 0.1) is 11.3 Å². The van der Waals surface area contributed by atoms with E-state index in [9.17, 15) is 4.79 Å². The van der Waals surface area contributed by atoms with E-state index in [1.54, 1.807) is 6.07 Å². The molecule has 0 radical (unpaired) electrons. The minimum Gasteiger partial charge on any atom is -0.493 e. The Bertz CT molecular complexity index is 453. The summed E-state index contributed by atoms with van der Waals surface area (Å²) < 4.78 is 10.2. The molecule has 0 saturated carbocycles. The third-order valence-electron chi connectivity index (χ3n) is 2.03. The molecule has 0 fully saturated rings. The summed E-state index contributed by atoms with van der Waals surface area (Å²) in [5.41, 5.74) is 5.72. The second-order valence-electron chi connectivity index (χ2n) is 3.23. The van der Waals surface area contributed by atoms with Gasteiger partial charge in [0.25, 0.3) is 0 Å². The summed E-state index contributed by atoms with van der Waals surface area (Å²) in [6.45, 7) is -0.169. The van der Waals surface area contributed by atoms with E-state index in [0.29, 0.717) is 17.1 Å². The van der Waals surface area contributed by atoms with E-state index < -0.39 is 12.0 Å². The van der Waals surface area contributed by atoms with Crippen LogP contribution in [0.3, 0.4) is 0 Å². The van der Waals surface area contributed by atoms with Crippen LogP contribution in [0.4, 0.5) is 0 Å². The van der Waals surface area contributed by atoms with Gasteiger partial charge >= 0.3 is 5.97 Å². The predicted molar refractivity (Wildman–Crippen MR) is 58.8 cm³/mol. The van der Waals surface area contributed by atoms with Crippen molar-refractivity contribution in [3.8, 4) is 17.6 Å². The first-order chi connectivity index (χ1) is 8.08. The van der Waals surface area contributed by atoms with Crippen molar-refractivity contribution in [2.45, 2.75) is 6.04 Å². The van der Waals surface area contributed by atoms with Gasteiger partial charge in [-0.1, -0.05) is 0 Å². The Morgan fingerprint density at radius 1 is 1.59 bits per heavy atom. The highest BCUT2D eigenvalue weighted by Crippen LogP contribution is 2.27. The summed E-state index contributed by atoms with van der Waals surface area (Å²) in [5.74, 6) is -0.428. The summed E-state index contributed by atoms with van der Waals surface area (Å²) in [5, 5.41) is 17.3. The molecule has 1 aromatic rings. The van der Waals surface area contributed by atoms with Crippen molar-refractivity contribution in [2.24, 2.45) is 5.73 Å². The molecule has 0 bridgehead atoms. The maximum Gasteiger partial charge on any atom is 0.324 e. The first kappa shape index (κ1) is 12.8. The minimum absolute atomic E-state index is 0.169. The summed E-state index contributed by atoms with van der Waals surface area (Å²) in [6, 6.07) is 5.44. The SMILES string of the molecule is COc1cc(C#N)ccc1OCC(N)C(=O)O. The molecule has 1 aromatic carbocycles. The van der Waals surface area contributed by atoms with E-state index in [2.05, 4.69) is 0 Å². The van der Waals surface area contributed by atoms with Crippen LogP contribution in [0.5, 0.6) is 11.5 Å². The summed E-state index contributed by atoms with van der Waals surface area (Å²) in [6.07, 6.45) is 0. The molecule has 0 aliphatic rings. The van der Waals surface area contributed by atoms with Crippen LogP contribution in [0.1, 0.15) is 5.56 Å². The zero-order chi connectivity index (χ0) is 12.8. The van der Waals surface area contributed by atoms with Crippen LogP contribution >= 0.6 is 0 Å². The van der Waals surface area contributed by atoms with Gasteiger partial charge in [-0.2, -0.15) is 5.26 Å². The average Bonchev–Trinajstić information content (AvgIpc) is 2.35. The first-order valence-corrected chi connectivity index (χ1v) is 4.77. The van der Waals surface area contributed by atoms with Gasteiger partial charge in [0, 0.05) is 6.07 Å². The number of nitrogens with zero attached hydrogens (tertiary/aromatic N) is 1. The zero-order valence-corrected chi connectivity index (χ0v) is 9.21. The maximum atomic E-state index is 10.5. The van der Waals surface area contributed by atoms with E-state index in [1.807, 2.05) is 6.07 Å². The highest BCUT2D eigenvalue weighted by atomic mass is 16.5. The molecule has 0 heterocycles. The smallest absolute Gasteiger partial charge is 0.324 e. The largest absolute Gasteiger partial charge is 0.493 e. The van der Waals surface area contributed by atoms with Crippen LogP contribution in [-0.2, 0) is 4.79 Å². The number of nitriles is 1. The van der Waals surface area contributed by atoms with Crippen molar-refractivity contribution in [2.75, 3.05) is 13.7 Å². The quantitative estimate of drug-likeness (QED) is 0.764. The van der Waals surface area contributed by atoms with Crippen molar-refractivity contribution in [1.82, 2.24) is 0 Å². The Labute approximate surface area is 98.2 Å². The molecule has 1 unspecified atom stereocenters. The van der Waals surface area contributed by atoms with Crippen LogP contribution < -0.4 is 15.2 Å². The number of rotatable bonds is 5. The Balaban J connectivity index is 2.78. The number of nitrogens with two attached hydrogens (primary N) is 1. The normalized spacial score (nSPS) is 11.4. The van der Waals surface area contributed by atoms with Crippen molar-refractivity contribution >= 4 is 5.97 Å². The lowest BCUT2D eigenvalue weighted by Crippen LogP contribution is -2.36. The van der Waals surface area contributed by atoms with Crippen LogP contribution in [0.2, 0.25) is 0 Å². The van der Waals surface area contributed by atoms with E-state index in [-0.39, 0.29) is 6.61 Å². The molecule has 6 nitrogen and oxygen atoms in total. The number of ether oxygens (including phenoxy) is 2. The highest BCUT2D eigenvalue weighted by molar-refractivity contribution is 5.73. The van der Waals surface area contributed by atoms with E-state index >= 15 is 0 Å². The third-order valence-corrected chi connectivity index (χ3v) is 2.03. The first-order valence-electron chi connectivity index (χ1n) is 4.77. The van der Waals surface area contributed by atoms with Crippen LogP contribution in [0.25, 0.3) is 0 Å². The number of hydrogen-bond donors (Lipinski definition) is 2. The number of hydrogen-bond acceptors (Lipinski definition) is 5. The molecule has 17 heavy (non-hydrogen) atoms. The number of aliphatic carboxylic acids is 1. The molecule has 0 amide bonds. The van der Waals surface area contributed by atoms with Gasteiger partial charge in [-0.3, -0.25) is 4.79 Å². The summed E-state index contributed by atoms with van der Waals surface area (Å²) in [4.78, 5) is 10.5. The Kier molecular flexibility index (Phi) is 4.31. The van der Waals surface area contributed by atoms with Crippen LogP contribution in [0.15, 0.2) is 18.2 Å². The maximum absolute atomic E-state index is 10.5. The lowest BCUT2D eigenvalue weighted by molar-refractivity contribution is -0.139. The second kappa shape index (κ2) is 5.72. The molecular weight excluding hydrogens is 224 g/mol. The lowest BCUT2D eigenvalue weighted by atomic mass is 10.2. The lowest BCUT2D eigenvalue weighted by Gasteiger charge is -2.12. The number of carbonyl (C=O) groups is 1. The molecule has 0 saturated heterocycles. The van der Waals surface area contributed by atoms with Crippen molar-refractivity contribution in [3.63, 3.8) is 0 Å². The molecular formula is C11H12N2O4. The number of benzene rings is 1. The fourth-order valence-corrected chi connectivity index (χ4v) is 1.11. The Morgan fingerprint density at radius 2 is 2.29 bits per heavy atom. The van der Waals surface area contributed by atoms with Crippen LogP contribution in [-0.4, -0.2) is 30.8 Å². The number of carboxylic acids is 1. The Hall–Kier alpha value is -2.26. The third kappa shape index (κ3) is 3.36. The van der Waals surface area contributed by atoms with Gasteiger partial charge in [0.15, 0.2) is 11.5 Å². The van der Waals surface area contributed by atoms with Crippen molar-refractivity contribution in [1.29, 1.82) is 5.26 Å². The molecule has 0 aromatic heterocycles. The van der Waals surface area contributed by atoms with Crippen molar-refractivity contribution < 1.29 is 19.4 Å². The van der Waals surface area contributed by atoms with Gasteiger partial charge in [-0.15, -0.1) is 0 Å². The molecule has 1 rings (SSSR count). The molecule has 90 valence electrons. The summed E-state index contributed by atoms with van der Waals surface area (Å²) >= 11 is 0. The van der Waals surface area contributed by atoms with Gasteiger partial charge in [-0.25, -0.2) is 0 Å². The van der Waals surface area contributed by atoms with Gasteiger partial charge in [0.1, 0.15) is 12.6 Å². The minimum atomic E-state index is -1.14. The Morgan fingerprint density at radius 3 is 2.82 bits per heavy atom. The van der Waals surface area contributed by atoms with Crippen molar-refractivity contribution in [3.05, 3.63) is 23.8 Å². The molecule has 1 atom stereocenters. The molecule has 0 aliphatic heterocycles. The number of methoxy groups -OCH3 is 1. The zero-order valence-electron chi connectivity index (χ0n) is 9.21. The molecule has 6 heteroatoms. The molecule has 0 aliphatic carbocycles. The highest BCUT2D eigenvalue weighted by Gasteiger charge is 2.13. The average molecular weight is 236 g/mol. The fourth-order valence-electron chi connectivity index (χ4n) is 1.11. The standard InChI is InChI=1S/C11H12N2O4/c1-16-10-4-7(5-12)2-3-9(10)17-6-8(13)11(14)15/h2-4,8H,6,13H2,1H3,(H,14,15). The van der Waals surface area contributed by atoms with Gasteiger partial charge in [0.2, 0.25) is 0 Å². The van der Waals surface area contributed by atoms with E-state index in [0.717, 1.165) is 0 Å². The van der Waals surface area contributed by atoms with Gasteiger partial charge < -0.3 is 20.3 Å². The van der Waals surface area contributed by atoms with Gasteiger partial charge in [-0.05, 0) is 12.1 Å². The predicted octanol–water partition coefficient (Wildman–Crippen LogP) is 0.358. The second-order valence-corrected chi connectivity index (χ2v) is 3.23. The molecule has 0 spiro atoms.